The van der Waals surface area contributed by atoms with Crippen LogP contribution in [0, 0.1) is 0 Å². The van der Waals surface area contributed by atoms with Crippen LogP contribution in [-0.4, -0.2) is 42.6 Å². The third kappa shape index (κ3) is 7.20. The van der Waals surface area contributed by atoms with Crippen LogP contribution < -0.4 is 0 Å². The van der Waals surface area contributed by atoms with E-state index in [0.29, 0.717) is 10.6 Å². The maximum absolute atomic E-state index is 11.0. The van der Waals surface area contributed by atoms with Crippen molar-refractivity contribution in [2.24, 2.45) is 0 Å². The smallest absolute Gasteiger partial charge is 0.264 e. The van der Waals surface area contributed by atoms with E-state index in [0.717, 1.165) is 12.5 Å². The molecule has 0 aromatic heterocycles. The van der Waals surface area contributed by atoms with Gasteiger partial charge in [-0.15, -0.1) is 0 Å². The Labute approximate surface area is 123 Å². The molecule has 0 N–H and O–H groups in total. The van der Waals surface area contributed by atoms with E-state index < -0.39 is 26.2 Å². The Balaban J connectivity index is 2.86. The van der Waals surface area contributed by atoms with Crippen molar-refractivity contribution in [3.8, 4) is 0 Å². The first-order chi connectivity index (χ1) is 9.07. The van der Waals surface area contributed by atoms with Gasteiger partial charge in [-0.2, -0.15) is 16.8 Å². The van der Waals surface area contributed by atoms with Crippen LogP contribution in [0.1, 0.15) is 11.5 Å². The van der Waals surface area contributed by atoms with Gasteiger partial charge < -0.3 is 0 Å². The second-order valence-corrected chi connectivity index (χ2v) is 7.95. The van der Waals surface area contributed by atoms with Crippen LogP contribution in [0.25, 0.3) is 0 Å². The summed E-state index contributed by atoms with van der Waals surface area (Å²) in [7, 11) is -7.24. The topological polar surface area (TPSA) is 86.7 Å². The van der Waals surface area contributed by atoms with Crippen LogP contribution in [0.3, 0.4) is 0 Å². The third-order valence-electron chi connectivity index (χ3n) is 2.31. The summed E-state index contributed by atoms with van der Waals surface area (Å²) < 4.78 is 53.5. The fourth-order valence-electron chi connectivity index (χ4n) is 1.39. The van der Waals surface area contributed by atoms with E-state index in [1.807, 2.05) is 0 Å². The molecule has 1 aromatic rings. The van der Waals surface area contributed by atoms with Gasteiger partial charge in [0.1, 0.15) is 0 Å². The van der Waals surface area contributed by atoms with E-state index >= 15 is 0 Å². The molecule has 0 aliphatic heterocycles. The van der Waals surface area contributed by atoms with Crippen LogP contribution in [0.5, 0.6) is 0 Å². The molecule has 0 atom stereocenters. The zero-order valence-electron chi connectivity index (χ0n) is 10.9. The SMILES string of the molecule is CS(=O)(=O)OCC(COS(C)(=O)=O)c1ccc(Cl)cc1. The van der Waals surface area contributed by atoms with E-state index in [4.69, 9.17) is 20.0 Å². The van der Waals surface area contributed by atoms with Gasteiger partial charge in [-0.25, -0.2) is 0 Å². The lowest BCUT2D eigenvalue weighted by Gasteiger charge is -2.16. The van der Waals surface area contributed by atoms with Crippen molar-refractivity contribution in [2.75, 3.05) is 25.7 Å². The molecular weight excluding hydrogens is 328 g/mol. The van der Waals surface area contributed by atoms with Crippen molar-refractivity contribution in [1.82, 2.24) is 0 Å². The monoisotopic (exact) mass is 342 g/mol. The molecule has 0 spiro atoms. The molecule has 6 nitrogen and oxygen atoms in total. The summed E-state index contributed by atoms with van der Waals surface area (Å²) in [4.78, 5) is 0. The second kappa shape index (κ2) is 6.86. The second-order valence-electron chi connectivity index (χ2n) is 4.23. The Morgan fingerprint density at radius 1 is 0.950 bits per heavy atom. The minimum absolute atomic E-state index is 0.212. The third-order valence-corrected chi connectivity index (χ3v) is 3.69. The van der Waals surface area contributed by atoms with Gasteiger partial charge in [-0.3, -0.25) is 8.37 Å². The predicted molar refractivity (Wildman–Crippen MR) is 75.8 cm³/mol. The molecule has 0 aliphatic carbocycles. The van der Waals surface area contributed by atoms with Crippen LogP contribution in [0.15, 0.2) is 24.3 Å². The van der Waals surface area contributed by atoms with Gasteiger partial charge in [-0.1, -0.05) is 23.7 Å². The molecule has 0 amide bonds. The summed E-state index contributed by atoms with van der Waals surface area (Å²) in [5, 5.41) is 0.514. The molecule has 0 saturated carbocycles. The lowest BCUT2D eigenvalue weighted by atomic mass is 10.0. The Kier molecular flexibility index (Phi) is 5.96. The Morgan fingerprint density at radius 3 is 1.70 bits per heavy atom. The number of benzene rings is 1. The molecule has 0 bridgehead atoms. The standard InChI is InChI=1S/C11H15ClO6S2/c1-19(13,14)17-7-10(8-18-20(2,15)16)9-3-5-11(12)6-4-9/h3-6,10H,7-8H2,1-2H3. The summed E-state index contributed by atoms with van der Waals surface area (Å²) in [6.07, 6.45) is 1.84. The van der Waals surface area contributed by atoms with Crippen molar-refractivity contribution >= 4 is 31.8 Å². The molecule has 114 valence electrons. The molecule has 0 saturated heterocycles. The Hall–Kier alpha value is -0.670. The fourth-order valence-corrected chi connectivity index (χ4v) is 2.34. The number of halogens is 1. The number of hydrogen-bond acceptors (Lipinski definition) is 6. The lowest BCUT2D eigenvalue weighted by Crippen LogP contribution is -2.19. The maximum atomic E-state index is 11.0. The van der Waals surface area contributed by atoms with Crippen LogP contribution in [0.2, 0.25) is 5.02 Å². The van der Waals surface area contributed by atoms with E-state index in [1.165, 1.54) is 0 Å². The first kappa shape index (κ1) is 17.4. The molecule has 0 fully saturated rings. The number of rotatable bonds is 7. The average Bonchev–Trinajstić information content (AvgIpc) is 2.28. The predicted octanol–water partition coefficient (Wildman–Crippen LogP) is 1.38. The van der Waals surface area contributed by atoms with Gasteiger partial charge in [0.25, 0.3) is 20.2 Å². The van der Waals surface area contributed by atoms with Crippen molar-refractivity contribution in [1.29, 1.82) is 0 Å². The maximum Gasteiger partial charge on any atom is 0.264 e. The highest BCUT2D eigenvalue weighted by atomic mass is 35.5. The molecule has 1 rings (SSSR count). The molecule has 9 heteroatoms. The van der Waals surface area contributed by atoms with Gasteiger partial charge in [0.2, 0.25) is 0 Å². The molecule has 20 heavy (non-hydrogen) atoms. The van der Waals surface area contributed by atoms with Crippen LogP contribution in [-0.2, 0) is 28.6 Å². The summed E-state index contributed by atoms with van der Waals surface area (Å²) in [5.74, 6) is -0.545. The zero-order chi connectivity index (χ0) is 15.4. The van der Waals surface area contributed by atoms with Crippen molar-refractivity contribution < 1.29 is 25.2 Å². The first-order valence-corrected chi connectivity index (χ1v) is 9.52. The zero-order valence-corrected chi connectivity index (χ0v) is 13.3. The first-order valence-electron chi connectivity index (χ1n) is 5.51. The molecule has 1 aromatic carbocycles. The minimum atomic E-state index is -3.62. The largest absolute Gasteiger partial charge is 0.270 e. The Bertz CT molecular complexity index is 600. The fraction of sp³-hybridized carbons (Fsp3) is 0.455. The van der Waals surface area contributed by atoms with Gasteiger partial charge in [0, 0.05) is 10.9 Å². The number of hydrogen-bond donors (Lipinski definition) is 0. The van der Waals surface area contributed by atoms with Crippen molar-refractivity contribution in [2.45, 2.75) is 5.92 Å². The molecule has 0 heterocycles. The molecule has 0 unspecified atom stereocenters. The highest BCUT2D eigenvalue weighted by molar-refractivity contribution is 7.86. The van der Waals surface area contributed by atoms with Crippen LogP contribution in [0.4, 0.5) is 0 Å². The van der Waals surface area contributed by atoms with Gasteiger partial charge in [-0.05, 0) is 17.7 Å². The molecular formula is C11H15ClO6S2. The highest BCUT2D eigenvalue weighted by Gasteiger charge is 2.17. The summed E-state index contributed by atoms with van der Waals surface area (Å²) in [6.45, 7) is -0.425. The van der Waals surface area contributed by atoms with Crippen LogP contribution >= 0.6 is 11.6 Å². The van der Waals surface area contributed by atoms with E-state index in [9.17, 15) is 16.8 Å². The van der Waals surface area contributed by atoms with Crippen molar-refractivity contribution in [3.63, 3.8) is 0 Å². The van der Waals surface area contributed by atoms with Gasteiger partial charge in [0.05, 0.1) is 25.7 Å². The lowest BCUT2D eigenvalue weighted by molar-refractivity contribution is 0.229. The quantitative estimate of drug-likeness (QED) is 0.696. The normalized spacial score (nSPS) is 12.8. The Morgan fingerprint density at radius 2 is 1.35 bits per heavy atom. The van der Waals surface area contributed by atoms with Gasteiger partial charge >= 0.3 is 0 Å². The van der Waals surface area contributed by atoms with E-state index in [1.54, 1.807) is 24.3 Å². The van der Waals surface area contributed by atoms with Crippen molar-refractivity contribution in [3.05, 3.63) is 34.9 Å². The summed E-state index contributed by atoms with van der Waals surface area (Å²) in [6, 6.07) is 6.55. The summed E-state index contributed by atoms with van der Waals surface area (Å²) >= 11 is 5.76. The average molecular weight is 343 g/mol. The highest BCUT2D eigenvalue weighted by Crippen LogP contribution is 2.20. The molecule has 0 aliphatic rings. The van der Waals surface area contributed by atoms with E-state index in [-0.39, 0.29) is 13.2 Å². The van der Waals surface area contributed by atoms with E-state index in [2.05, 4.69) is 0 Å². The molecule has 0 radical (unpaired) electrons. The summed E-state index contributed by atoms with van der Waals surface area (Å²) in [5.41, 5.74) is 0.668. The minimum Gasteiger partial charge on any atom is -0.270 e. The van der Waals surface area contributed by atoms with Gasteiger partial charge in [0.15, 0.2) is 0 Å².